The lowest BCUT2D eigenvalue weighted by molar-refractivity contribution is -0.125. The van der Waals surface area contributed by atoms with Crippen molar-refractivity contribution in [2.24, 2.45) is 5.92 Å². The average molecular weight is 470 g/mol. The largest absolute Gasteiger partial charge is 0.356 e. The number of aromatic nitrogens is 2. The van der Waals surface area contributed by atoms with E-state index >= 15 is 0 Å². The van der Waals surface area contributed by atoms with Gasteiger partial charge in [-0.1, -0.05) is 47.5 Å². The lowest BCUT2D eigenvalue weighted by Crippen LogP contribution is -2.41. The van der Waals surface area contributed by atoms with Gasteiger partial charge in [-0.3, -0.25) is 4.79 Å². The molecule has 2 heterocycles. The molecular weight excluding hydrogens is 445 g/mol. The summed E-state index contributed by atoms with van der Waals surface area (Å²) in [5.41, 5.74) is 1.96. The molecule has 166 valence electrons. The number of carbonyl (C=O) groups excluding carboxylic acids is 1. The van der Waals surface area contributed by atoms with Crippen molar-refractivity contribution in [3.05, 3.63) is 76.4 Å². The number of carbonyl (C=O) groups is 1. The number of amides is 1. The van der Waals surface area contributed by atoms with Gasteiger partial charge in [-0.2, -0.15) is 4.98 Å². The standard InChI is InChI=1S/C24H25Cl2N5O/c25-19-7-5-17(6-8-19)9-13-27-23(32)18-11-15-31(16-12-18)24-28-14-10-22(30-24)29-21-4-2-1-3-20(21)26/h1-8,10,14,18H,9,11-13,15-16H2,(H,27,32)(H,28,29,30). The van der Waals surface area contributed by atoms with E-state index in [1.54, 1.807) is 6.20 Å². The molecular formula is C24H25Cl2N5O. The lowest BCUT2D eigenvalue weighted by atomic mass is 9.96. The van der Waals surface area contributed by atoms with Gasteiger partial charge in [-0.05, 0) is 55.2 Å². The van der Waals surface area contributed by atoms with Gasteiger partial charge in [0.2, 0.25) is 11.9 Å². The second-order valence-corrected chi connectivity index (χ2v) is 8.62. The number of para-hydroxylation sites is 1. The Bertz CT molecular complexity index is 1050. The summed E-state index contributed by atoms with van der Waals surface area (Å²) in [6.07, 6.45) is 4.08. The fourth-order valence-electron chi connectivity index (χ4n) is 3.74. The van der Waals surface area contributed by atoms with E-state index in [0.717, 1.165) is 48.6 Å². The van der Waals surface area contributed by atoms with Crippen LogP contribution in [-0.4, -0.2) is 35.5 Å². The molecule has 2 N–H and O–H groups in total. The van der Waals surface area contributed by atoms with Gasteiger partial charge in [-0.25, -0.2) is 4.98 Å². The Morgan fingerprint density at radius 3 is 2.53 bits per heavy atom. The number of rotatable bonds is 7. The van der Waals surface area contributed by atoms with Crippen LogP contribution in [0.1, 0.15) is 18.4 Å². The van der Waals surface area contributed by atoms with E-state index in [1.165, 1.54) is 0 Å². The smallest absolute Gasteiger partial charge is 0.227 e. The van der Waals surface area contributed by atoms with Crippen LogP contribution in [-0.2, 0) is 11.2 Å². The van der Waals surface area contributed by atoms with Gasteiger partial charge < -0.3 is 15.5 Å². The van der Waals surface area contributed by atoms with Gasteiger partial charge in [0.25, 0.3) is 0 Å². The number of nitrogens with one attached hydrogen (secondary N) is 2. The van der Waals surface area contributed by atoms with Crippen LogP contribution in [0.25, 0.3) is 0 Å². The summed E-state index contributed by atoms with van der Waals surface area (Å²) >= 11 is 12.1. The SMILES string of the molecule is O=C(NCCc1ccc(Cl)cc1)C1CCN(c2nccc(Nc3ccccc3Cl)n2)CC1. The third-order valence-corrected chi connectivity index (χ3v) is 6.14. The van der Waals surface area contributed by atoms with E-state index in [-0.39, 0.29) is 11.8 Å². The minimum atomic E-state index is 0.0147. The van der Waals surface area contributed by atoms with Crippen molar-refractivity contribution in [2.75, 3.05) is 29.9 Å². The summed E-state index contributed by atoms with van der Waals surface area (Å²) in [6.45, 7) is 2.11. The Kier molecular flexibility index (Phi) is 7.45. The predicted octanol–water partition coefficient (Wildman–Crippen LogP) is 5.10. The number of anilines is 3. The summed E-state index contributed by atoms with van der Waals surface area (Å²) in [4.78, 5) is 23.7. The molecule has 1 amide bonds. The molecule has 0 aliphatic carbocycles. The summed E-state index contributed by atoms with van der Waals surface area (Å²) in [7, 11) is 0. The van der Waals surface area contributed by atoms with Crippen molar-refractivity contribution in [1.29, 1.82) is 0 Å². The van der Waals surface area contributed by atoms with Gasteiger partial charge in [0, 0.05) is 36.8 Å². The van der Waals surface area contributed by atoms with E-state index in [4.69, 9.17) is 23.2 Å². The van der Waals surface area contributed by atoms with E-state index in [2.05, 4.69) is 25.5 Å². The number of piperidine rings is 1. The molecule has 1 aliphatic rings. The minimum Gasteiger partial charge on any atom is -0.356 e. The second kappa shape index (κ2) is 10.7. The summed E-state index contributed by atoms with van der Waals surface area (Å²) in [5, 5.41) is 7.66. The Morgan fingerprint density at radius 1 is 1.03 bits per heavy atom. The first-order chi connectivity index (χ1) is 15.6. The van der Waals surface area contributed by atoms with Crippen LogP contribution in [0.2, 0.25) is 10.0 Å². The lowest BCUT2D eigenvalue weighted by Gasteiger charge is -2.31. The molecule has 2 aromatic carbocycles. The maximum atomic E-state index is 12.6. The number of benzene rings is 2. The Hall–Kier alpha value is -2.83. The highest BCUT2D eigenvalue weighted by molar-refractivity contribution is 6.33. The fraction of sp³-hybridized carbons (Fsp3) is 0.292. The molecule has 0 radical (unpaired) electrons. The van der Waals surface area contributed by atoms with Gasteiger partial charge >= 0.3 is 0 Å². The van der Waals surface area contributed by atoms with Crippen molar-refractivity contribution in [1.82, 2.24) is 15.3 Å². The highest BCUT2D eigenvalue weighted by atomic mass is 35.5. The maximum Gasteiger partial charge on any atom is 0.227 e. The van der Waals surface area contributed by atoms with Crippen molar-refractivity contribution in [3.8, 4) is 0 Å². The number of nitrogens with zero attached hydrogens (tertiary/aromatic N) is 3. The minimum absolute atomic E-state index is 0.0147. The Morgan fingerprint density at radius 2 is 1.78 bits per heavy atom. The molecule has 0 saturated carbocycles. The van der Waals surface area contributed by atoms with E-state index in [0.29, 0.717) is 23.3 Å². The predicted molar refractivity (Wildman–Crippen MR) is 130 cm³/mol. The fourth-order valence-corrected chi connectivity index (χ4v) is 4.05. The van der Waals surface area contributed by atoms with Crippen LogP contribution in [0, 0.1) is 5.92 Å². The molecule has 0 spiro atoms. The highest BCUT2D eigenvalue weighted by Gasteiger charge is 2.26. The average Bonchev–Trinajstić information content (AvgIpc) is 2.82. The molecule has 1 aliphatic heterocycles. The first-order valence-corrected chi connectivity index (χ1v) is 11.5. The zero-order valence-corrected chi connectivity index (χ0v) is 19.1. The quantitative estimate of drug-likeness (QED) is 0.503. The first-order valence-electron chi connectivity index (χ1n) is 10.7. The monoisotopic (exact) mass is 469 g/mol. The van der Waals surface area contributed by atoms with E-state index in [9.17, 15) is 4.79 Å². The normalized spacial score (nSPS) is 14.2. The number of hydrogen-bond donors (Lipinski definition) is 2. The molecule has 4 rings (SSSR count). The molecule has 0 unspecified atom stereocenters. The van der Waals surface area contributed by atoms with Crippen molar-refractivity contribution in [3.63, 3.8) is 0 Å². The van der Waals surface area contributed by atoms with Crippen molar-refractivity contribution >= 4 is 46.6 Å². The topological polar surface area (TPSA) is 70.2 Å². The molecule has 0 bridgehead atoms. The molecule has 1 aromatic heterocycles. The molecule has 3 aromatic rings. The number of hydrogen-bond acceptors (Lipinski definition) is 5. The summed E-state index contributed by atoms with van der Waals surface area (Å²) in [5.74, 6) is 1.48. The molecule has 0 atom stereocenters. The van der Waals surface area contributed by atoms with Gasteiger partial charge in [-0.15, -0.1) is 0 Å². The van der Waals surface area contributed by atoms with Crippen molar-refractivity contribution in [2.45, 2.75) is 19.3 Å². The van der Waals surface area contributed by atoms with Gasteiger partial charge in [0.15, 0.2) is 0 Å². The molecule has 1 fully saturated rings. The molecule has 6 nitrogen and oxygen atoms in total. The Labute approximate surface area is 198 Å². The third kappa shape index (κ3) is 5.90. The van der Waals surface area contributed by atoms with Gasteiger partial charge in [0.1, 0.15) is 5.82 Å². The van der Waals surface area contributed by atoms with Crippen LogP contribution in [0.15, 0.2) is 60.8 Å². The van der Waals surface area contributed by atoms with Crippen LogP contribution in [0.3, 0.4) is 0 Å². The highest BCUT2D eigenvalue weighted by Crippen LogP contribution is 2.26. The van der Waals surface area contributed by atoms with E-state index < -0.39 is 0 Å². The van der Waals surface area contributed by atoms with Crippen LogP contribution < -0.4 is 15.5 Å². The zero-order chi connectivity index (χ0) is 22.3. The molecule has 1 saturated heterocycles. The van der Waals surface area contributed by atoms with Crippen LogP contribution in [0.4, 0.5) is 17.5 Å². The van der Waals surface area contributed by atoms with Crippen LogP contribution in [0.5, 0.6) is 0 Å². The van der Waals surface area contributed by atoms with Gasteiger partial charge in [0.05, 0.1) is 10.7 Å². The summed E-state index contributed by atoms with van der Waals surface area (Å²) < 4.78 is 0. The molecule has 32 heavy (non-hydrogen) atoms. The molecule has 8 heteroatoms. The van der Waals surface area contributed by atoms with Crippen LogP contribution >= 0.6 is 23.2 Å². The summed E-state index contributed by atoms with van der Waals surface area (Å²) in [6, 6.07) is 17.1. The first kappa shape index (κ1) is 22.4. The second-order valence-electron chi connectivity index (χ2n) is 7.78. The number of halogens is 2. The van der Waals surface area contributed by atoms with Crippen molar-refractivity contribution < 1.29 is 4.79 Å². The zero-order valence-electron chi connectivity index (χ0n) is 17.6. The van der Waals surface area contributed by atoms with E-state index in [1.807, 2.05) is 54.6 Å². The Balaban J connectivity index is 1.26. The maximum absolute atomic E-state index is 12.6. The third-order valence-electron chi connectivity index (χ3n) is 5.55.